The number of fused-ring (bicyclic) bond motifs is 2. The highest BCUT2D eigenvalue weighted by molar-refractivity contribution is 5.92. The van der Waals surface area contributed by atoms with Crippen LogP contribution in [0.4, 0.5) is 5.82 Å². The monoisotopic (exact) mass is 421 g/mol. The van der Waals surface area contributed by atoms with Crippen molar-refractivity contribution in [3.63, 3.8) is 0 Å². The standard InChI is InChI=1S/C24H31N5O2/c1-14-9-25-22(7-19(14)20-10-26-29-13-24(3,4)8-21(20)29)27-23(31)16-5-17-11-28(15(2)30)12-18(17)6-16/h7,9-10,16-18H,5-6,8,11-13H2,1-4H3,(H,25,27,31)/t16?,17-,18+. The van der Waals surface area contributed by atoms with Gasteiger partial charge in [0.2, 0.25) is 11.8 Å². The molecular formula is C24H31N5O2. The van der Waals surface area contributed by atoms with E-state index >= 15 is 0 Å². The molecule has 1 saturated carbocycles. The van der Waals surface area contributed by atoms with Gasteiger partial charge in [-0.05, 0) is 60.6 Å². The largest absolute Gasteiger partial charge is 0.342 e. The number of likely N-dealkylation sites (tertiary alicyclic amines) is 1. The molecule has 31 heavy (non-hydrogen) atoms. The van der Waals surface area contributed by atoms with E-state index < -0.39 is 0 Å². The first-order valence-corrected chi connectivity index (χ1v) is 11.3. The first-order valence-electron chi connectivity index (χ1n) is 11.3. The molecule has 2 fully saturated rings. The molecule has 2 aromatic heterocycles. The smallest absolute Gasteiger partial charge is 0.228 e. The number of aryl methyl sites for hydroxylation is 1. The van der Waals surface area contributed by atoms with Gasteiger partial charge in [0.05, 0.1) is 6.20 Å². The molecule has 2 aromatic rings. The fourth-order valence-corrected chi connectivity index (χ4v) is 5.75. The molecule has 0 radical (unpaired) electrons. The maximum absolute atomic E-state index is 13.0. The van der Waals surface area contributed by atoms with Crippen molar-refractivity contribution in [2.24, 2.45) is 23.2 Å². The molecule has 4 heterocycles. The molecule has 0 bridgehead atoms. The van der Waals surface area contributed by atoms with Crippen molar-refractivity contribution in [2.45, 2.75) is 53.5 Å². The molecule has 7 nitrogen and oxygen atoms in total. The number of carbonyl (C=O) groups excluding carboxylic acids is 2. The Bertz CT molecular complexity index is 1040. The topological polar surface area (TPSA) is 80.1 Å². The molecule has 1 unspecified atom stereocenters. The fourth-order valence-electron chi connectivity index (χ4n) is 5.75. The molecule has 2 amide bonds. The molecule has 3 aliphatic rings. The summed E-state index contributed by atoms with van der Waals surface area (Å²) in [4.78, 5) is 31.0. The van der Waals surface area contributed by atoms with Crippen molar-refractivity contribution in [2.75, 3.05) is 18.4 Å². The van der Waals surface area contributed by atoms with Crippen molar-refractivity contribution in [3.8, 4) is 11.1 Å². The number of nitrogens with one attached hydrogen (secondary N) is 1. The summed E-state index contributed by atoms with van der Waals surface area (Å²) in [5.74, 6) is 1.68. The van der Waals surface area contributed by atoms with Gasteiger partial charge in [0.25, 0.3) is 0 Å². The second-order valence-corrected chi connectivity index (χ2v) is 10.5. The quantitative estimate of drug-likeness (QED) is 0.825. The van der Waals surface area contributed by atoms with E-state index in [9.17, 15) is 9.59 Å². The number of hydrogen-bond donors (Lipinski definition) is 1. The Morgan fingerprint density at radius 3 is 2.52 bits per heavy atom. The number of carbonyl (C=O) groups is 2. The predicted molar refractivity (Wildman–Crippen MR) is 118 cm³/mol. The minimum atomic E-state index is -0.00291. The van der Waals surface area contributed by atoms with E-state index in [0.29, 0.717) is 17.7 Å². The van der Waals surface area contributed by atoms with Gasteiger partial charge in [-0.2, -0.15) is 5.10 Å². The van der Waals surface area contributed by atoms with Crippen molar-refractivity contribution in [1.82, 2.24) is 19.7 Å². The third kappa shape index (κ3) is 3.64. The summed E-state index contributed by atoms with van der Waals surface area (Å²) in [6.45, 7) is 10.7. The summed E-state index contributed by atoms with van der Waals surface area (Å²) >= 11 is 0. The number of nitrogens with zero attached hydrogens (tertiary/aromatic N) is 4. The third-order valence-electron chi connectivity index (χ3n) is 7.38. The average molecular weight is 422 g/mol. The molecule has 0 spiro atoms. The minimum Gasteiger partial charge on any atom is -0.342 e. The molecule has 1 aliphatic carbocycles. The van der Waals surface area contributed by atoms with Crippen LogP contribution in [0, 0.1) is 30.1 Å². The molecule has 164 valence electrons. The lowest BCUT2D eigenvalue weighted by Crippen LogP contribution is -2.29. The van der Waals surface area contributed by atoms with Crippen molar-refractivity contribution >= 4 is 17.6 Å². The number of rotatable bonds is 3. The first kappa shape index (κ1) is 20.2. The molecule has 3 atom stereocenters. The Kier molecular flexibility index (Phi) is 4.68. The number of anilines is 1. The van der Waals surface area contributed by atoms with Crippen molar-refractivity contribution in [3.05, 3.63) is 29.7 Å². The summed E-state index contributed by atoms with van der Waals surface area (Å²) in [6.07, 6.45) is 6.48. The van der Waals surface area contributed by atoms with Crippen LogP contribution in [0.2, 0.25) is 0 Å². The van der Waals surface area contributed by atoms with Gasteiger partial charge in [-0.15, -0.1) is 0 Å². The molecule has 5 rings (SSSR count). The van der Waals surface area contributed by atoms with Gasteiger partial charge in [-0.3, -0.25) is 14.3 Å². The van der Waals surface area contributed by atoms with Crippen LogP contribution in [-0.2, 0) is 22.6 Å². The average Bonchev–Trinajstić information content (AvgIpc) is 3.41. The summed E-state index contributed by atoms with van der Waals surface area (Å²) in [7, 11) is 0. The lowest BCUT2D eigenvalue weighted by molar-refractivity contribution is -0.128. The Balaban J connectivity index is 1.30. The van der Waals surface area contributed by atoms with E-state index in [2.05, 4.69) is 40.9 Å². The van der Waals surface area contributed by atoms with Gasteiger partial charge in [-0.25, -0.2) is 4.98 Å². The van der Waals surface area contributed by atoms with Crippen LogP contribution in [0.15, 0.2) is 18.5 Å². The predicted octanol–water partition coefficient (Wildman–Crippen LogP) is 3.28. The van der Waals surface area contributed by atoms with Crippen LogP contribution in [0.3, 0.4) is 0 Å². The van der Waals surface area contributed by atoms with Crippen LogP contribution < -0.4 is 5.32 Å². The van der Waals surface area contributed by atoms with Crippen LogP contribution >= 0.6 is 0 Å². The SMILES string of the molecule is CC(=O)N1C[C@H]2CC(C(=O)Nc3cc(-c4cnn5c4CC(C)(C)C5)c(C)cn3)C[C@H]2C1. The normalized spacial score (nSPS) is 26.1. The Morgan fingerprint density at radius 2 is 1.84 bits per heavy atom. The van der Waals surface area contributed by atoms with Crippen molar-refractivity contribution < 1.29 is 9.59 Å². The van der Waals surface area contributed by atoms with Gasteiger partial charge in [-0.1, -0.05) is 13.8 Å². The second kappa shape index (κ2) is 7.18. The highest BCUT2D eigenvalue weighted by atomic mass is 16.2. The van der Waals surface area contributed by atoms with Crippen LogP contribution in [0.1, 0.15) is 44.9 Å². The molecular weight excluding hydrogens is 390 g/mol. The van der Waals surface area contributed by atoms with Crippen LogP contribution in [0.5, 0.6) is 0 Å². The van der Waals surface area contributed by atoms with Gasteiger partial charge < -0.3 is 10.2 Å². The molecule has 0 aromatic carbocycles. The summed E-state index contributed by atoms with van der Waals surface area (Å²) in [5.41, 5.74) is 4.79. The lowest BCUT2D eigenvalue weighted by Gasteiger charge is -2.17. The maximum atomic E-state index is 13.0. The molecule has 7 heteroatoms. The third-order valence-corrected chi connectivity index (χ3v) is 7.38. The summed E-state index contributed by atoms with van der Waals surface area (Å²) in [6, 6.07) is 1.99. The van der Waals surface area contributed by atoms with Crippen LogP contribution in [0.25, 0.3) is 11.1 Å². The Morgan fingerprint density at radius 1 is 1.13 bits per heavy atom. The Labute approximate surface area is 183 Å². The van der Waals surface area contributed by atoms with E-state index in [-0.39, 0.29) is 23.1 Å². The Hall–Kier alpha value is -2.70. The highest BCUT2D eigenvalue weighted by Crippen LogP contribution is 2.42. The van der Waals surface area contributed by atoms with Gasteiger partial charge in [0, 0.05) is 49.9 Å². The zero-order valence-corrected chi connectivity index (χ0v) is 18.8. The highest BCUT2D eigenvalue weighted by Gasteiger charge is 2.44. The van der Waals surface area contributed by atoms with Gasteiger partial charge >= 0.3 is 0 Å². The van der Waals surface area contributed by atoms with E-state index in [1.54, 1.807) is 6.92 Å². The number of pyridine rings is 1. The van der Waals surface area contributed by atoms with E-state index in [0.717, 1.165) is 55.6 Å². The van der Waals surface area contributed by atoms with Gasteiger partial charge in [0.1, 0.15) is 5.82 Å². The molecule has 1 saturated heterocycles. The minimum absolute atomic E-state index is 0.00291. The lowest BCUT2D eigenvalue weighted by atomic mass is 9.89. The van der Waals surface area contributed by atoms with Gasteiger partial charge in [0.15, 0.2) is 0 Å². The fraction of sp³-hybridized carbons (Fsp3) is 0.583. The first-order chi connectivity index (χ1) is 14.7. The molecule has 1 N–H and O–H groups in total. The van der Waals surface area contributed by atoms with Crippen molar-refractivity contribution in [1.29, 1.82) is 0 Å². The second-order valence-electron chi connectivity index (χ2n) is 10.5. The summed E-state index contributed by atoms with van der Waals surface area (Å²) < 4.78 is 2.11. The number of amides is 2. The van der Waals surface area contributed by atoms with Crippen LogP contribution in [-0.4, -0.2) is 44.6 Å². The molecule has 2 aliphatic heterocycles. The number of aromatic nitrogens is 3. The van der Waals surface area contributed by atoms with E-state index in [1.807, 2.05) is 23.4 Å². The zero-order valence-electron chi connectivity index (χ0n) is 18.8. The maximum Gasteiger partial charge on any atom is 0.228 e. The van der Waals surface area contributed by atoms with E-state index in [1.165, 1.54) is 5.69 Å². The van der Waals surface area contributed by atoms with E-state index in [4.69, 9.17) is 0 Å². The zero-order chi connectivity index (χ0) is 21.9. The number of hydrogen-bond acceptors (Lipinski definition) is 4. The summed E-state index contributed by atoms with van der Waals surface area (Å²) in [5, 5.41) is 7.66.